The molecule has 1 aromatic carbocycles. The zero-order chi connectivity index (χ0) is 12.6. The maximum Gasteiger partial charge on any atom is 0.125 e. The first kappa shape index (κ1) is 11.7. The largest absolute Gasteiger partial charge is 0.487 e. The van der Waals surface area contributed by atoms with Crippen LogP contribution >= 0.6 is 0 Å². The molecule has 0 amide bonds. The van der Waals surface area contributed by atoms with Crippen LogP contribution in [0, 0.1) is 4.91 Å². The number of ether oxygens (including phenoxy) is 1. The molecule has 0 aliphatic carbocycles. The molecule has 0 bridgehead atoms. The summed E-state index contributed by atoms with van der Waals surface area (Å²) < 4.78 is 6.22. The number of nitrogens with zero attached hydrogens (tertiary/aromatic N) is 2. The molecule has 1 unspecified atom stereocenters. The summed E-state index contributed by atoms with van der Waals surface area (Å²) in [7, 11) is 2.12. The molecular weight excluding hydrogens is 228 g/mol. The summed E-state index contributed by atoms with van der Waals surface area (Å²) >= 11 is 0. The van der Waals surface area contributed by atoms with E-state index in [2.05, 4.69) is 17.1 Å². The van der Waals surface area contributed by atoms with Crippen LogP contribution in [0.1, 0.15) is 30.9 Å². The summed E-state index contributed by atoms with van der Waals surface area (Å²) in [6, 6.07) is 7.54. The Morgan fingerprint density at radius 3 is 2.78 bits per heavy atom. The van der Waals surface area contributed by atoms with Crippen molar-refractivity contribution < 1.29 is 4.74 Å². The normalized spacial score (nSPS) is 26.4. The van der Waals surface area contributed by atoms with E-state index >= 15 is 0 Å². The first-order valence-corrected chi connectivity index (χ1v) is 6.51. The van der Waals surface area contributed by atoms with Crippen molar-refractivity contribution in [2.45, 2.75) is 30.9 Å². The Labute approximate surface area is 107 Å². The predicted octanol–water partition coefficient (Wildman–Crippen LogP) is 2.74. The van der Waals surface area contributed by atoms with Gasteiger partial charge in [0.15, 0.2) is 0 Å². The van der Waals surface area contributed by atoms with Crippen molar-refractivity contribution in [1.82, 2.24) is 4.90 Å². The average molecular weight is 246 g/mol. The molecule has 1 saturated heterocycles. The van der Waals surface area contributed by atoms with Gasteiger partial charge in [0, 0.05) is 25.1 Å². The molecule has 0 radical (unpaired) electrons. The minimum Gasteiger partial charge on any atom is -0.487 e. The number of likely N-dealkylation sites (tertiary alicyclic amines) is 1. The van der Waals surface area contributed by atoms with Gasteiger partial charge >= 0.3 is 0 Å². The molecule has 3 rings (SSSR count). The average Bonchev–Trinajstić information content (AvgIpc) is 2.41. The molecule has 2 aliphatic rings. The summed E-state index contributed by atoms with van der Waals surface area (Å²) in [5, 5.41) is 3.31. The highest BCUT2D eigenvalue weighted by molar-refractivity contribution is 5.39. The molecule has 0 N–H and O–H groups in total. The van der Waals surface area contributed by atoms with Crippen LogP contribution in [0.5, 0.6) is 5.75 Å². The lowest BCUT2D eigenvalue weighted by Gasteiger charge is -2.44. The molecule has 4 heteroatoms. The second-order valence-corrected chi connectivity index (χ2v) is 5.45. The Bertz CT molecular complexity index is 453. The van der Waals surface area contributed by atoms with E-state index in [0.717, 1.165) is 43.7 Å². The summed E-state index contributed by atoms with van der Waals surface area (Å²) in [6.07, 6.45) is 2.68. The zero-order valence-corrected chi connectivity index (χ0v) is 10.6. The Balaban J connectivity index is 1.92. The van der Waals surface area contributed by atoms with E-state index in [-0.39, 0.29) is 11.6 Å². The smallest absolute Gasteiger partial charge is 0.125 e. The fourth-order valence-electron chi connectivity index (χ4n) is 3.01. The van der Waals surface area contributed by atoms with Crippen LogP contribution in [0.15, 0.2) is 29.4 Å². The second kappa shape index (κ2) is 4.35. The van der Waals surface area contributed by atoms with E-state index in [1.165, 1.54) is 0 Å². The van der Waals surface area contributed by atoms with Gasteiger partial charge in [0.1, 0.15) is 17.4 Å². The Kier molecular flexibility index (Phi) is 2.82. The fourth-order valence-corrected chi connectivity index (χ4v) is 3.01. The zero-order valence-electron chi connectivity index (χ0n) is 10.6. The highest BCUT2D eigenvalue weighted by Crippen LogP contribution is 2.45. The first-order valence-electron chi connectivity index (χ1n) is 6.51. The Morgan fingerprint density at radius 2 is 2.06 bits per heavy atom. The van der Waals surface area contributed by atoms with E-state index in [1.54, 1.807) is 0 Å². The standard InChI is InChI=1S/C14H18N2O2/c1-16-8-6-14(7-9-16)10-12(15-17)11-4-2-3-5-13(11)18-14/h2-5,12H,6-10H2,1H3. The van der Waals surface area contributed by atoms with Crippen molar-refractivity contribution in [1.29, 1.82) is 0 Å². The van der Waals surface area contributed by atoms with Gasteiger partial charge in [-0.25, -0.2) is 0 Å². The second-order valence-electron chi connectivity index (χ2n) is 5.45. The number of hydrogen-bond donors (Lipinski definition) is 0. The maximum absolute atomic E-state index is 11.1. The molecule has 1 atom stereocenters. The van der Waals surface area contributed by atoms with Crippen LogP contribution < -0.4 is 4.74 Å². The lowest BCUT2D eigenvalue weighted by atomic mass is 9.81. The summed E-state index contributed by atoms with van der Waals surface area (Å²) in [6.45, 7) is 2.04. The molecule has 2 heterocycles. The number of para-hydroxylation sites is 1. The van der Waals surface area contributed by atoms with Crippen molar-refractivity contribution in [2.75, 3.05) is 20.1 Å². The molecule has 1 aromatic rings. The minimum absolute atomic E-state index is 0.181. The lowest BCUT2D eigenvalue weighted by Crippen LogP contribution is -2.49. The molecule has 1 spiro atoms. The number of benzene rings is 1. The van der Waals surface area contributed by atoms with E-state index < -0.39 is 0 Å². The van der Waals surface area contributed by atoms with E-state index in [1.807, 2.05) is 24.3 Å². The molecule has 18 heavy (non-hydrogen) atoms. The third-order valence-corrected chi connectivity index (χ3v) is 4.20. The molecule has 0 saturated carbocycles. The monoisotopic (exact) mass is 246 g/mol. The van der Waals surface area contributed by atoms with Crippen molar-refractivity contribution in [3.63, 3.8) is 0 Å². The highest BCUT2D eigenvalue weighted by atomic mass is 16.5. The van der Waals surface area contributed by atoms with Crippen LogP contribution in [0.25, 0.3) is 0 Å². The third-order valence-electron chi connectivity index (χ3n) is 4.20. The Morgan fingerprint density at radius 1 is 1.33 bits per heavy atom. The van der Waals surface area contributed by atoms with E-state index in [4.69, 9.17) is 4.74 Å². The first-order chi connectivity index (χ1) is 8.72. The predicted molar refractivity (Wildman–Crippen MR) is 69.7 cm³/mol. The van der Waals surface area contributed by atoms with Crippen LogP contribution in [-0.2, 0) is 0 Å². The lowest BCUT2D eigenvalue weighted by molar-refractivity contribution is -0.0163. The SMILES string of the molecule is CN1CCC2(CC1)CC(N=O)c1ccccc1O2. The third kappa shape index (κ3) is 1.90. The number of rotatable bonds is 1. The number of nitroso groups, excluding NO2 is 1. The van der Waals surface area contributed by atoms with E-state index in [0.29, 0.717) is 0 Å². The summed E-state index contributed by atoms with van der Waals surface area (Å²) in [5.74, 6) is 0.845. The van der Waals surface area contributed by atoms with Crippen molar-refractivity contribution in [3.05, 3.63) is 34.7 Å². The number of piperidine rings is 1. The van der Waals surface area contributed by atoms with Crippen molar-refractivity contribution in [3.8, 4) is 5.75 Å². The van der Waals surface area contributed by atoms with E-state index in [9.17, 15) is 4.91 Å². The van der Waals surface area contributed by atoms with Crippen LogP contribution in [0.2, 0.25) is 0 Å². The maximum atomic E-state index is 11.1. The van der Waals surface area contributed by atoms with Gasteiger partial charge in [-0.15, -0.1) is 0 Å². The quantitative estimate of drug-likeness (QED) is 0.715. The summed E-state index contributed by atoms with van der Waals surface area (Å²) in [5.41, 5.74) is 0.761. The minimum atomic E-state index is -0.252. The van der Waals surface area contributed by atoms with Crippen LogP contribution in [0.4, 0.5) is 0 Å². The number of fused-ring (bicyclic) bond motifs is 1. The highest BCUT2D eigenvalue weighted by Gasteiger charge is 2.43. The molecule has 0 aromatic heterocycles. The van der Waals surface area contributed by atoms with Gasteiger partial charge in [-0.3, -0.25) is 0 Å². The van der Waals surface area contributed by atoms with Gasteiger partial charge in [-0.1, -0.05) is 23.4 Å². The molecule has 2 aliphatic heterocycles. The van der Waals surface area contributed by atoms with Crippen molar-refractivity contribution >= 4 is 0 Å². The Hall–Kier alpha value is -1.42. The molecular formula is C14H18N2O2. The van der Waals surface area contributed by atoms with Gasteiger partial charge in [-0.2, -0.15) is 4.91 Å². The summed E-state index contributed by atoms with van der Waals surface area (Å²) in [4.78, 5) is 13.4. The topological polar surface area (TPSA) is 41.9 Å². The van der Waals surface area contributed by atoms with Gasteiger partial charge in [0.05, 0.1) is 0 Å². The molecule has 1 fully saturated rings. The molecule has 4 nitrogen and oxygen atoms in total. The fraction of sp³-hybridized carbons (Fsp3) is 0.571. The van der Waals surface area contributed by atoms with Gasteiger partial charge in [0.25, 0.3) is 0 Å². The number of hydrogen-bond acceptors (Lipinski definition) is 4. The van der Waals surface area contributed by atoms with Gasteiger partial charge in [0.2, 0.25) is 0 Å². The van der Waals surface area contributed by atoms with Gasteiger partial charge < -0.3 is 9.64 Å². The van der Waals surface area contributed by atoms with Crippen LogP contribution in [-0.4, -0.2) is 30.6 Å². The van der Waals surface area contributed by atoms with Gasteiger partial charge in [-0.05, 0) is 26.0 Å². The molecule has 96 valence electrons. The van der Waals surface area contributed by atoms with Crippen LogP contribution in [0.3, 0.4) is 0 Å². The van der Waals surface area contributed by atoms with Crippen molar-refractivity contribution in [2.24, 2.45) is 5.18 Å².